The standard InChI is InChI=1S/C18H17N7O/c1-2-17(23-25-8-6-20-16(1)25)26-11-13-4-7-24(10-13)18-14-3-5-19-9-15(14)21-12-22-18/h1-3,5-6,8-9,12-13H,4,7,10-11H2. The maximum Gasteiger partial charge on any atom is 0.231 e. The zero-order valence-corrected chi connectivity index (χ0v) is 14.1. The molecule has 0 bridgehead atoms. The molecule has 0 radical (unpaired) electrons. The summed E-state index contributed by atoms with van der Waals surface area (Å²) in [6.07, 6.45) is 9.76. The van der Waals surface area contributed by atoms with E-state index in [-0.39, 0.29) is 0 Å². The van der Waals surface area contributed by atoms with Crippen LogP contribution in [0.2, 0.25) is 0 Å². The molecule has 5 rings (SSSR count). The molecule has 130 valence electrons. The number of fused-ring (bicyclic) bond motifs is 2. The minimum Gasteiger partial charge on any atom is -0.476 e. The number of rotatable bonds is 4. The van der Waals surface area contributed by atoms with Gasteiger partial charge in [-0.3, -0.25) is 4.98 Å². The molecule has 8 heteroatoms. The van der Waals surface area contributed by atoms with E-state index in [1.165, 1.54) is 0 Å². The number of hydrogen-bond acceptors (Lipinski definition) is 7. The van der Waals surface area contributed by atoms with Crippen LogP contribution in [0.4, 0.5) is 5.82 Å². The first kappa shape index (κ1) is 15.0. The minimum atomic E-state index is 0.433. The number of imidazole rings is 1. The lowest BCUT2D eigenvalue weighted by Gasteiger charge is -2.19. The van der Waals surface area contributed by atoms with Crippen molar-refractivity contribution in [2.45, 2.75) is 6.42 Å². The second-order valence-electron chi connectivity index (χ2n) is 6.40. The van der Waals surface area contributed by atoms with E-state index >= 15 is 0 Å². The third-order valence-electron chi connectivity index (χ3n) is 4.70. The number of hydrogen-bond donors (Lipinski definition) is 0. The summed E-state index contributed by atoms with van der Waals surface area (Å²) in [5.41, 5.74) is 1.68. The van der Waals surface area contributed by atoms with Crippen molar-refractivity contribution < 1.29 is 4.74 Å². The Kier molecular flexibility index (Phi) is 3.59. The molecule has 5 heterocycles. The SMILES string of the molecule is c1cc2c(N3CCC(COc4ccc5nccn5n4)C3)ncnc2cn1. The van der Waals surface area contributed by atoms with E-state index < -0.39 is 0 Å². The molecule has 26 heavy (non-hydrogen) atoms. The van der Waals surface area contributed by atoms with Gasteiger partial charge in [0.15, 0.2) is 5.65 Å². The van der Waals surface area contributed by atoms with Crippen molar-refractivity contribution >= 4 is 22.4 Å². The minimum absolute atomic E-state index is 0.433. The summed E-state index contributed by atoms with van der Waals surface area (Å²) in [6, 6.07) is 5.74. The van der Waals surface area contributed by atoms with Crippen LogP contribution in [0.25, 0.3) is 16.6 Å². The molecule has 0 spiro atoms. The quantitative estimate of drug-likeness (QED) is 0.558. The van der Waals surface area contributed by atoms with E-state index in [1.54, 1.807) is 29.4 Å². The van der Waals surface area contributed by atoms with E-state index in [2.05, 4.69) is 29.9 Å². The van der Waals surface area contributed by atoms with Gasteiger partial charge in [-0.1, -0.05) is 0 Å². The summed E-state index contributed by atoms with van der Waals surface area (Å²) in [5, 5.41) is 5.44. The second-order valence-corrected chi connectivity index (χ2v) is 6.40. The molecule has 1 saturated heterocycles. The van der Waals surface area contributed by atoms with Gasteiger partial charge >= 0.3 is 0 Å². The highest BCUT2D eigenvalue weighted by Gasteiger charge is 2.25. The van der Waals surface area contributed by atoms with Gasteiger partial charge in [0.25, 0.3) is 0 Å². The molecule has 1 aliphatic rings. The van der Waals surface area contributed by atoms with E-state index in [1.807, 2.05) is 24.4 Å². The van der Waals surface area contributed by atoms with Crippen LogP contribution in [-0.4, -0.2) is 49.2 Å². The highest BCUT2D eigenvalue weighted by Crippen LogP contribution is 2.27. The van der Waals surface area contributed by atoms with Crippen LogP contribution in [0, 0.1) is 5.92 Å². The van der Waals surface area contributed by atoms with Crippen LogP contribution in [0.15, 0.2) is 49.3 Å². The molecule has 0 aromatic carbocycles. The monoisotopic (exact) mass is 347 g/mol. The van der Waals surface area contributed by atoms with Gasteiger partial charge in [-0.05, 0) is 18.6 Å². The third-order valence-corrected chi connectivity index (χ3v) is 4.70. The molecular formula is C18H17N7O. The summed E-state index contributed by atoms with van der Waals surface area (Å²) < 4.78 is 7.63. The highest BCUT2D eigenvalue weighted by molar-refractivity contribution is 5.88. The van der Waals surface area contributed by atoms with Crippen molar-refractivity contribution in [3.05, 3.63) is 49.3 Å². The van der Waals surface area contributed by atoms with E-state index in [0.29, 0.717) is 18.4 Å². The number of pyridine rings is 1. The molecule has 8 nitrogen and oxygen atoms in total. The summed E-state index contributed by atoms with van der Waals surface area (Å²) in [4.78, 5) is 19.4. The van der Waals surface area contributed by atoms with Gasteiger partial charge in [-0.15, -0.1) is 5.10 Å². The van der Waals surface area contributed by atoms with Gasteiger partial charge in [-0.25, -0.2) is 19.5 Å². The first-order chi connectivity index (χ1) is 12.9. The van der Waals surface area contributed by atoms with Crippen LogP contribution in [0.1, 0.15) is 6.42 Å². The smallest absolute Gasteiger partial charge is 0.231 e. The second kappa shape index (κ2) is 6.21. The van der Waals surface area contributed by atoms with Gasteiger partial charge in [0.2, 0.25) is 5.88 Å². The molecule has 4 aromatic rings. The Hall–Kier alpha value is -3.29. The zero-order chi connectivity index (χ0) is 17.3. The molecule has 0 saturated carbocycles. The molecule has 0 N–H and O–H groups in total. The maximum absolute atomic E-state index is 5.91. The molecule has 4 aromatic heterocycles. The predicted octanol–water partition coefficient (Wildman–Crippen LogP) is 1.97. The Morgan fingerprint density at radius 1 is 1.12 bits per heavy atom. The van der Waals surface area contributed by atoms with Crippen LogP contribution in [0.3, 0.4) is 0 Å². The van der Waals surface area contributed by atoms with Crippen LogP contribution in [-0.2, 0) is 0 Å². The average Bonchev–Trinajstić information content (AvgIpc) is 3.35. The van der Waals surface area contributed by atoms with Gasteiger partial charge in [0.05, 0.1) is 18.3 Å². The highest BCUT2D eigenvalue weighted by atomic mass is 16.5. The van der Waals surface area contributed by atoms with Crippen LogP contribution < -0.4 is 9.64 Å². The van der Waals surface area contributed by atoms with Gasteiger partial charge < -0.3 is 9.64 Å². The Bertz CT molecular complexity index is 1060. The van der Waals surface area contributed by atoms with Crippen molar-refractivity contribution in [2.24, 2.45) is 5.92 Å². The average molecular weight is 347 g/mol. The van der Waals surface area contributed by atoms with Gasteiger partial charge in [0.1, 0.15) is 12.1 Å². The predicted molar refractivity (Wildman–Crippen MR) is 96.1 cm³/mol. The fourth-order valence-electron chi connectivity index (χ4n) is 3.38. The maximum atomic E-state index is 5.91. The number of ether oxygens (including phenoxy) is 1. The van der Waals surface area contributed by atoms with E-state index in [4.69, 9.17) is 4.74 Å². The first-order valence-corrected chi connectivity index (χ1v) is 8.60. The Balaban J connectivity index is 1.28. The fraction of sp³-hybridized carbons (Fsp3) is 0.278. The van der Waals surface area contributed by atoms with Gasteiger partial charge in [-0.2, -0.15) is 0 Å². The van der Waals surface area contributed by atoms with Crippen LogP contribution in [0.5, 0.6) is 5.88 Å². The molecule has 1 aliphatic heterocycles. The molecular weight excluding hydrogens is 330 g/mol. The molecule has 0 amide bonds. The summed E-state index contributed by atoms with van der Waals surface area (Å²) >= 11 is 0. The van der Waals surface area contributed by atoms with Gasteiger partial charge in [0, 0.05) is 49.1 Å². The number of nitrogens with zero attached hydrogens (tertiary/aromatic N) is 7. The third kappa shape index (κ3) is 2.69. The first-order valence-electron chi connectivity index (χ1n) is 8.60. The van der Waals surface area contributed by atoms with Crippen molar-refractivity contribution in [1.82, 2.24) is 29.5 Å². The summed E-state index contributed by atoms with van der Waals surface area (Å²) in [6.45, 7) is 2.49. The topological polar surface area (TPSA) is 81.3 Å². The van der Waals surface area contributed by atoms with Crippen molar-refractivity contribution in [3.63, 3.8) is 0 Å². The fourth-order valence-corrected chi connectivity index (χ4v) is 3.38. The lowest BCUT2D eigenvalue weighted by molar-refractivity contribution is 0.249. The zero-order valence-electron chi connectivity index (χ0n) is 14.1. The lowest BCUT2D eigenvalue weighted by Crippen LogP contribution is -2.23. The van der Waals surface area contributed by atoms with E-state index in [0.717, 1.165) is 41.9 Å². The van der Waals surface area contributed by atoms with E-state index in [9.17, 15) is 0 Å². The molecule has 1 unspecified atom stereocenters. The largest absolute Gasteiger partial charge is 0.476 e. The normalized spacial score (nSPS) is 17.2. The Labute approximate surface area is 149 Å². The summed E-state index contributed by atoms with van der Waals surface area (Å²) in [7, 11) is 0. The van der Waals surface area contributed by atoms with Crippen molar-refractivity contribution in [2.75, 3.05) is 24.6 Å². The Morgan fingerprint density at radius 2 is 2.12 bits per heavy atom. The molecule has 1 atom stereocenters. The van der Waals surface area contributed by atoms with Crippen LogP contribution >= 0.6 is 0 Å². The molecule has 1 fully saturated rings. The lowest BCUT2D eigenvalue weighted by atomic mass is 10.1. The number of aromatic nitrogens is 6. The van der Waals surface area contributed by atoms with Crippen molar-refractivity contribution in [3.8, 4) is 5.88 Å². The summed E-state index contributed by atoms with van der Waals surface area (Å²) in [5.74, 6) is 2.02. The number of anilines is 1. The van der Waals surface area contributed by atoms with Crippen molar-refractivity contribution in [1.29, 1.82) is 0 Å². The molecule has 0 aliphatic carbocycles. The Morgan fingerprint density at radius 3 is 3.12 bits per heavy atom.